The number of rotatable bonds is 6. The van der Waals surface area contributed by atoms with Gasteiger partial charge in [-0.1, -0.05) is 18.2 Å². The molecule has 9 heteroatoms. The van der Waals surface area contributed by atoms with Gasteiger partial charge in [0, 0.05) is 25.9 Å². The van der Waals surface area contributed by atoms with Crippen molar-refractivity contribution in [1.29, 1.82) is 0 Å². The lowest BCUT2D eigenvalue weighted by Gasteiger charge is -2.38. The van der Waals surface area contributed by atoms with Gasteiger partial charge in [0.15, 0.2) is 11.5 Å². The fraction of sp³-hybridized carbons (Fsp3) is 0.280. The molecule has 1 fully saturated rings. The summed E-state index contributed by atoms with van der Waals surface area (Å²) >= 11 is 0. The van der Waals surface area contributed by atoms with Crippen LogP contribution >= 0.6 is 10.8 Å². The number of pyridine rings is 1. The third-order valence-corrected chi connectivity index (χ3v) is 8.34. The smallest absolute Gasteiger partial charge is 0.236 e. The highest BCUT2D eigenvalue weighted by molar-refractivity contribution is 8.22. The van der Waals surface area contributed by atoms with Crippen molar-refractivity contribution in [3.8, 4) is 22.6 Å². The first kappa shape index (κ1) is 22.7. The highest BCUT2D eigenvalue weighted by Crippen LogP contribution is 2.52. The van der Waals surface area contributed by atoms with Crippen LogP contribution in [0.1, 0.15) is 24.0 Å². The van der Waals surface area contributed by atoms with Crippen molar-refractivity contribution < 1.29 is 23.4 Å². The third kappa shape index (κ3) is 3.90. The number of aromatic nitrogens is 1. The lowest BCUT2D eigenvalue weighted by molar-refractivity contribution is -0.118. The average Bonchev–Trinajstić information content (AvgIpc) is 3.50. The Labute approximate surface area is 200 Å². The molecule has 1 saturated carbocycles. The molecule has 0 radical (unpaired) electrons. The molecule has 3 aromatic rings. The molecule has 1 amide bonds. The molecular formula is C25H27N3O5S. The molecule has 2 aliphatic rings. The summed E-state index contributed by atoms with van der Waals surface area (Å²) in [6, 6.07) is 14.6. The molecule has 8 nitrogen and oxygen atoms in total. The lowest BCUT2D eigenvalue weighted by Crippen LogP contribution is -2.28. The van der Waals surface area contributed by atoms with Gasteiger partial charge in [0.1, 0.15) is 5.82 Å². The SMILES string of the molecule is Cc1cc(NC(=O)C2(c3ccc4c(c3)OCO4)CC2)ncc1-c1cccc(S(O)(O)N(C)C)c1. The molecule has 5 rings (SSSR count). The molecule has 178 valence electrons. The predicted molar refractivity (Wildman–Crippen MR) is 131 cm³/mol. The van der Waals surface area contributed by atoms with Crippen molar-refractivity contribution >= 4 is 22.5 Å². The second-order valence-electron chi connectivity index (χ2n) is 8.85. The van der Waals surface area contributed by atoms with Gasteiger partial charge in [-0.05, 0) is 66.8 Å². The lowest BCUT2D eigenvalue weighted by atomic mass is 9.94. The minimum Gasteiger partial charge on any atom is -0.454 e. The molecule has 34 heavy (non-hydrogen) atoms. The van der Waals surface area contributed by atoms with Crippen LogP contribution in [0.3, 0.4) is 0 Å². The minimum atomic E-state index is -3.04. The van der Waals surface area contributed by atoms with Crippen LogP contribution in [0.4, 0.5) is 5.82 Å². The first-order valence-corrected chi connectivity index (χ1v) is 12.5. The zero-order chi connectivity index (χ0) is 24.1. The highest BCUT2D eigenvalue weighted by Gasteiger charge is 2.51. The molecule has 1 aliphatic carbocycles. The van der Waals surface area contributed by atoms with E-state index in [-0.39, 0.29) is 12.7 Å². The van der Waals surface area contributed by atoms with E-state index in [4.69, 9.17) is 9.47 Å². The summed E-state index contributed by atoms with van der Waals surface area (Å²) in [5.74, 6) is 1.76. The summed E-state index contributed by atoms with van der Waals surface area (Å²) in [4.78, 5) is 18.1. The Morgan fingerprint density at radius 3 is 2.56 bits per heavy atom. The van der Waals surface area contributed by atoms with Gasteiger partial charge in [0.2, 0.25) is 12.7 Å². The van der Waals surface area contributed by atoms with E-state index in [0.29, 0.717) is 22.2 Å². The summed E-state index contributed by atoms with van der Waals surface area (Å²) in [5, 5.41) is 2.98. The van der Waals surface area contributed by atoms with E-state index in [1.165, 1.54) is 4.31 Å². The Morgan fingerprint density at radius 1 is 1.09 bits per heavy atom. The molecule has 0 bridgehead atoms. The molecule has 1 aromatic heterocycles. The van der Waals surface area contributed by atoms with Gasteiger partial charge in [-0.25, -0.2) is 9.29 Å². The van der Waals surface area contributed by atoms with Crippen molar-refractivity contribution in [1.82, 2.24) is 9.29 Å². The Kier molecular flexibility index (Phi) is 5.52. The number of carbonyl (C=O) groups excluding carboxylic acids is 1. The van der Waals surface area contributed by atoms with Crippen LogP contribution in [0.2, 0.25) is 0 Å². The summed E-state index contributed by atoms with van der Waals surface area (Å²) in [6.45, 7) is 2.14. The average molecular weight is 482 g/mol. The van der Waals surface area contributed by atoms with E-state index >= 15 is 0 Å². The minimum absolute atomic E-state index is 0.0899. The first-order valence-electron chi connectivity index (χ1n) is 11.0. The molecule has 0 spiro atoms. The maximum Gasteiger partial charge on any atom is 0.236 e. The highest BCUT2D eigenvalue weighted by atomic mass is 32.3. The molecular weight excluding hydrogens is 454 g/mol. The number of amides is 1. The van der Waals surface area contributed by atoms with Gasteiger partial charge >= 0.3 is 0 Å². The zero-order valence-electron chi connectivity index (χ0n) is 19.2. The van der Waals surface area contributed by atoms with Crippen molar-refractivity contribution in [2.45, 2.75) is 30.1 Å². The van der Waals surface area contributed by atoms with E-state index < -0.39 is 16.2 Å². The molecule has 2 aromatic carbocycles. The quantitative estimate of drug-likeness (QED) is 0.453. The van der Waals surface area contributed by atoms with Crippen LogP contribution in [0, 0.1) is 6.92 Å². The topological polar surface area (TPSA) is 104 Å². The standard InChI is InChI=1S/C25H27N3O5S/c1-16-11-23(26-14-20(16)17-5-4-6-19(12-17)34(30,31)28(2)3)27-24(29)25(9-10-25)18-7-8-21-22(13-18)33-15-32-21/h4-8,11-14,30-31H,9-10,15H2,1-3H3,(H,26,27,29). The Balaban J connectivity index is 1.36. The molecule has 3 N–H and O–H groups in total. The van der Waals surface area contributed by atoms with E-state index in [2.05, 4.69) is 10.3 Å². The van der Waals surface area contributed by atoms with Crippen LogP contribution in [0.25, 0.3) is 11.1 Å². The largest absolute Gasteiger partial charge is 0.454 e. The monoisotopic (exact) mass is 481 g/mol. The van der Waals surface area contributed by atoms with Crippen LogP contribution < -0.4 is 14.8 Å². The number of nitrogens with one attached hydrogen (secondary N) is 1. The van der Waals surface area contributed by atoms with E-state index in [1.54, 1.807) is 38.5 Å². The van der Waals surface area contributed by atoms with Gasteiger partial charge in [-0.3, -0.25) is 13.9 Å². The molecule has 2 heterocycles. The van der Waals surface area contributed by atoms with Crippen LogP contribution in [-0.4, -0.2) is 45.2 Å². The second kappa shape index (κ2) is 8.28. The van der Waals surface area contributed by atoms with Gasteiger partial charge < -0.3 is 14.8 Å². The van der Waals surface area contributed by atoms with Crippen molar-refractivity contribution in [3.63, 3.8) is 0 Å². The number of hydrogen-bond acceptors (Lipinski definition) is 7. The van der Waals surface area contributed by atoms with Gasteiger partial charge in [0.05, 0.1) is 10.3 Å². The number of benzene rings is 2. The summed E-state index contributed by atoms with van der Waals surface area (Å²) in [5.41, 5.74) is 2.92. The number of nitrogens with zero attached hydrogens (tertiary/aromatic N) is 2. The normalized spacial score (nSPS) is 16.4. The number of fused-ring (bicyclic) bond motifs is 1. The zero-order valence-corrected chi connectivity index (χ0v) is 20.1. The molecule has 1 aliphatic heterocycles. The fourth-order valence-electron chi connectivity index (χ4n) is 4.17. The maximum atomic E-state index is 13.2. The number of aryl methyl sites for hydroxylation is 1. The number of ether oxygens (including phenoxy) is 2. The van der Waals surface area contributed by atoms with Crippen LogP contribution in [-0.2, 0) is 10.2 Å². The molecule has 0 atom stereocenters. The van der Waals surface area contributed by atoms with Gasteiger partial charge in [-0.2, -0.15) is 0 Å². The Hall–Kier alpha value is -3.11. The maximum absolute atomic E-state index is 13.2. The van der Waals surface area contributed by atoms with E-state index in [0.717, 1.165) is 35.1 Å². The van der Waals surface area contributed by atoms with Gasteiger partial charge in [0.25, 0.3) is 0 Å². The molecule has 0 unspecified atom stereocenters. The second-order valence-corrected chi connectivity index (χ2v) is 11.1. The Morgan fingerprint density at radius 2 is 1.85 bits per heavy atom. The van der Waals surface area contributed by atoms with Gasteiger partial charge in [-0.15, -0.1) is 10.8 Å². The summed E-state index contributed by atoms with van der Waals surface area (Å²) in [7, 11) is 0.210. The predicted octanol–water partition coefficient (Wildman–Crippen LogP) is 5.04. The van der Waals surface area contributed by atoms with Crippen molar-refractivity contribution in [2.75, 3.05) is 26.2 Å². The fourth-order valence-corrected chi connectivity index (χ4v) is 5.14. The van der Waals surface area contributed by atoms with Crippen molar-refractivity contribution in [2.24, 2.45) is 0 Å². The van der Waals surface area contributed by atoms with E-state index in [9.17, 15) is 13.9 Å². The van der Waals surface area contributed by atoms with E-state index in [1.807, 2.05) is 37.3 Å². The molecule has 0 saturated heterocycles. The number of carbonyl (C=O) groups is 1. The summed E-state index contributed by atoms with van der Waals surface area (Å²) in [6.07, 6.45) is 3.23. The Bertz CT molecular complexity index is 1270. The number of anilines is 1. The van der Waals surface area contributed by atoms with Crippen LogP contribution in [0.15, 0.2) is 59.6 Å². The summed E-state index contributed by atoms with van der Waals surface area (Å²) < 4.78 is 33.2. The first-order chi connectivity index (χ1) is 16.2. The number of hydrogen-bond donors (Lipinski definition) is 3. The van der Waals surface area contributed by atoms with Crippen LogP contribution in [0.5, 0.6) is 11.5 Å². The third-order valence-electron chi connectivity index (χ3n) is 6.43. The van der Waals surface area contributed by atoms with Crippen molar-refractivity contribution in [3.05, 3.63) is 65.9 Å².